The van der Waals surface area contributed by atoms with E-state index < -0.39 is 24.5 Å². The van der Waals surface area contributed by atoms with Crippen LogP contribution in [-0.2, 0) is 0 Å². The molecule has 0 saturated carbocycles. The van der Waals surface area contributed by atoms with E-state index in [2.05, 4.69) is 35.0 Å². The summed E-state index contributed by atoms with van der Waals surface area (Å²) < 4.78 is 59.6. The van der Waals surface area contributed by atoms with Gasteiger partial charge in [0.25, 0.3) is 5.88 Å². The van der Waals surface area contributed by atoms with E-state index in [0.29, 0.717) is 0 Å². The predicted molar refractivity (Wildman–Crippen MR) is 68.6 cm³/mol. The van der Waals surface area contributed by atoms with Crippen LogP contribution >= 0.6 is 0 Å². The number of hydrogen-bond acceptors (Lipinski definition) is 7. The number of nitrogens with zero attached hydrogens (tertiary/aromatic N) is 4. The molecule has 11 heteroatoms. The molecule has 0 unspecified atom stereocenters. The average molecular weight is 329 g/mol. The van der Waals surface area contributed by atoms with Gasteiger partial charge in [0.2, 0.25) is 11.3 Å². The van der Waals surface area contributed by atoms with Crippen molar-refractivity contribution in [2.75, 3.05) is 11.9 Å². The van der Waals surface area contributed by atoms with Gasteiger partial charge < -0.3 is 10.1 Å². The highest BCUT2D eigenvalue weighted by Gasteiger charge is 2.30. The second-order valence-corrected chi connectivity index (χ2v) is 4.30. The Hall–Kier alpha value is -2.98. The van der Waals surface area contributed by atoms with E-state index in [4.69, 9.17) is 0 Å². The topological polar surface area (TPSA) is 86.0 Å². The fourth-order valence-corrected chi connectivity index (χ4v) is 1.65. The van der Waals surface area contributed by atoms with E-state index in [1.165, 1.54) is 24.3 Å². The maximum atomic E-state index is 13.7. The molecule has 0 bridgehead atoms. The summed E-state index contributed by atoms with van der Waals surface area (Å²) in [7, 11) is 0. The third kappa shape index (κ3) is 3.44. The normalized spacial score (nSPS) is 11.7. The summed E-state index contributed by atoms with van der Waals surface area (Å²) in [4.78, 5) is 7.60. The van der Waals surface area contributed by atoms with Gasteiger partial charge in [-0.2, -0.15) is 23.1 Å². The first-order valence-corrected chi connectivity index (χ1v) is 6.14. The fraction of sp³-hybridized carbons (Fsp3) is 0.167. The molecule has 0 radical (unpaired) electrons. The molecule has 3 aromatic rings. The molecule has 3 rings (SSSR count). The number of benzene rings is 1. The number of halogens is 4. The zero-order valence-corrected chi connectivity index (χ0v) is 11.1. The van der Waals surface area contributed by atoms with Crippen LogP contribution < -0.4 is 10.1 Å². The molecule has 23 heavy (non-hydrogen) atoms. The molecule has 0 fully saturated rings. The van der Waals surface area contributed by atoms with E-state index in [-0.39, 0.29) is 22.8 Å². The summed E-state index contributed by atoms with van der Waals surface area (Å²) in [5.41, 5.74) is -0.223. The average Bonchev–Trinajstić information content (AvgIpc) is 2.93. The lowest BCUT2D eigenvalue weighted by molar-refractivity contribution is -0.153. The van der Waals surface area contributed by atoms with Crippen molar-refractivity contribution in [3.63, 3.8) is 0 Å². The molecule has 7 nitrogen and oxygen atoms in total. The first-order valence-electron chi connectivity index (χ1n) is 6.14. The Morgan fingerprint density at radius 3 is 2.48 bits per heavy atom. The molecule has 0 spiro atoms. The maximum Gasteiger partial charge on any atom is 0.422 e. The predicted octanol–water partition coefficient (Wildman–Crippen LogP) is 2.84. The van der Waals surface area contributed by atoms with Crippen LogP contribution in [0.3, 0.4) is 0 Å². The molecule has 1 N–H and O–H groups in total. The lowest BCUT2D eigenvalue weighted by Crippen LogP contribution is -2.20. The smallest absolute Gasteiger partial charge is 0.422 e. The summed E-state index contributed by atoms with van der Waals surface area (Å²) in [6.45, 7) is -1.59. The van der Waals surface area contributed by atoms with E-state index in [0.717, 1.165) is 0 Å². The number of alkyl halides is 3. The fourth-order valence-electron chi connectivity index (χ4n) is 1.65. The molecule has 120 valence electrons. The molecular formula is C12H7F4N5O2. The van der Waals surface area contributed by atoms with Crippen LogP contribution in [0.5, 0.6) is 5.88 Å². The Labute approximate surface area is 125 Å². The van der Waals surface area contributed by atoms with E-state index in [1.54, 1.807) is 0 Å². The molecule has 0 aliphatic rings. The van der Waals surface area contributed by atoms with Crippen molar-refractivity contribution in [2.45, 2.75) is 6.18 Å². The van der Waals surface area contributed by atoms with Gasteiger partial charge in [0.05, 0.1) is 5.69 Å². The molecule has 2 aromatic heterocycles. The number of fused-ring (bicyclic) bond motifs is 1. The van der Waals surface area contributed by atoms with Crippen LogP contribution in [-0.4, -0.2) is 33.1 Å². The van der Waals surface area contributed by atoms with Crippen molar-refractivity contribution in [2.24, 2.45) is 0 Å². The van der Waals surface area contributed by atoms with Gasteiger partial charge >= 0.3 is 6.18 Å². The van der Waals surface area contributed by atoms with Gasteiger partial charge in [0.15, 0.2) is 12.4 Å². The van der Waals surface area contributed by atoms with E-state index >= 15 is 0 Å². The zero-order chi connectivity index (χ0) is 16.4. The molecule has 1 aromatic carbocycles. The van der Waals surface area contributed by atoms with Crippen LogP contribution in [0, 0.1) is 5.82 Å². The number of nitrogens with one attached hydrogen (secondary N) is 1. The van der Waals surface area contributed by atoms with Crippen LogP contribution in [0.4, 0.5) is 29.1 Å². The number of aromatic nitrogens is 4. The van der Waals surface area contributed by atoms with Crippen LogP contribution in [0.1, 0.15) is 0 Å². The Bertz CT molecular complexity index is 836. The first-order chi connectivity index (χ1) is 10.9. The van der Waals surface area contributed by atoms with Crippen LogP contribution in [0.25, 0.3) is 11.3 Å². The number of para-hydroxylation sites is 1. The SMILES string of the molecule is Fc1ccccc1Nc1nc2nonc2nc1OCC(F)(F)F. The van der Waals surface area contributed by atoms with Gasteiger partial charge in [-0.25, -0.2) is 9.02 Å². The van der Waals surface area contributed by atoms with E-state index in [9.17, 15) is 17.6 Å². The lowest BCUT2D eigenvalue weighted by atomic mass is 10.3. The summed E-state index contributed by atoms with van der Waals surface area (Å²) in [5.74, 6) is -1.38. The van der Waals surface area contributed by atoms with Crippen molar-refractivity contribution in [3.8, 4) is 5.88 Å². The summed E-state index contributed by atoms with van der Waals surface area (Å²) >= 11 is 0. The highest BCUT2D eigenvalue weighted by atomic mass is 19.4. The van der Waals surface area contributed by atoms with Crippen molar-refractivity contribution in [1.82, 2.24) is 20.3 Å². The quantitative estimate of drug-likeness (QED) is 0.737. The molecule has 0 saturated heterocycles. The van der Waals surface area contributed by atoms with Gasteiger partial charge in [0, 0.05) is 0 Å². The Morgan fingerprint density at radius 1 is 1.09 bits per heavy atom. The monoisotopic (exact) mass is 329 g/mol. The van der Waals surface area contributed by atoms with Gasteiger partial charge in [-0.1, -0.05) is 12.1 Å². The van der Waals surface area contributed by atoms with E-state index in [1.807, 2.05) is 0 Å². The molecule has 2 heterocycles. The largest absolute Gasteiger partial charge is 0.465 e. The minimum atomic E-state index is -4.58. The standard InChI is InChI=1S/C12H7F4N5O2/c13-6-3-1-2-4-7(6)17-10-11(22-5-12(14,15)16)19-9-8(18-10)20-23-21-9/h1-4H,5H2,(H,17,18,20). The second-order valence-electron chi connectivity index (χ2n) is 4.30. The van der Waals surface area contributed by atoms with Gasteiger partial charge in [-0.05, 0) is 22.4 Å². The molecule has 0 aliphatic carbocycles. The number of hydrogen-bond donors (Lipinski definition) is 1. The highest BCUT2D eigenvalue weighted by Crippen LogP contribution is 2.28. The lowest BCUT2D eigenvalue weighted by Gasteiger charge is -2.12. The highest BCUT2D eigenvalue weighted by molar-refractivity contribution is 5.71. The summed E-state index contributed by atoms with van der Waals surface area (Å²) in [5, 5.41) is 9.30. The first kappa shape index (κ1) is 14.9. The minimum absolute atomic E-state index is 0.0190. The third-order valence-electron chi connectivity index (χ3n) is 2.58. The molecule has 0 amide bonds. The molecule has 0 atom stereocenters. The van der Waals surface area contributed by atoms with Crippen molar-refractivity contribution >= 4 is 22.8 Å². The van der Waals surface area contributed by atoms with Crippen LogP contribution in [0.15, 0.2) is 28.9 Å². The number of anilines is 2. The maximum absolute atomic E-state index is 13.7. The van der Waals surface area contributed by atoms with Gasteiger partial charge in [-0.3, -0.25) is 0 Å². The van der Waals surface area contributed by atoms with Crippen LogP contribution in [0.2, 0.25) is 0 Å². The summed E-state index contributed by atoms with van der Waals surface area (Å²) in [6, 6.07) is 5.53. The summed E-state index contributed by atoms with van der Waals surface area (Å²) in [6.07, 6.45) is -4.58. The zero-order valence-electron chi connectivity index (χ0n) is 11.1. The number of rotatable bonds is 4. The molecular weight excluding hydrogens is 322 g/mol. The third-order valence-corrected chi connectivity index (χ3v) is 2.58. The Kier molecular flexibility index (Phi) is 3.68. The van der Waals surface area contributed by atoms with Gasteiger partial charge in [-0.15, -0.1) is 0 Å². The Balaban J connectivity index is 1.97. The second kappa shape index (κ2) is 5.66. The van der Waals surface area contributed by atoms with Gasteiger partial charge in [0.1, 0.15) is 5.82 Å². The van der Waals surface area contributed by atoms with Crippen molar-refractivity contribution in [3.05, 3.63) is 30.1 Å². The minimum Gasteiger partial charge on any atom is -0.465 e. The Morgan fingerprint density at radius 2 is 1.78 bits per heavy atom. The molecule has 0 aliphatic heterocycles. The number of ether oxygens (including phenoxy) is 1. The van der Waals surface area contributed by atoms with Crippen molar-refractivity contribution in [1.29, 1.82) is 0 Å². The van der Waals surface area contributed by atoms with Crippen molar-refractivity contribution < 1.29 is 26.9 Å².